The molecule has 1 atom stereocenters. The fraction of sp³-hybridized carbons (Fsp3) is 0.462. The standard InChI is InChI=1S/C13H19NO/c1-4-5-11(3)14-13(15)12-8-6-10(2)7-9-12/h6-9,11H,4-5H2,1-3H3,(H,14,15). The van der Waals surface area contributed by atoms with Crippen molar-refractivity contribution >= 4 is 5.91 Å². The Morgan fingerprint density at radius 3 is 2.47 bits per heavy atom. The third-order valence-electron chi connectivity index (χ3n) is 2.41. The first-order valence-electron chi connectivity index (χ1n) is 5.51. The zero-order valence-electron chi connectivity index (χ0n) is 9.71. The number of hydrogen-bond donors (Lipinski definition) is 1. The molecule has 0 saturated carbocycles. The van der Waals surface area contributed by atoms with Gasteiger partial charge in [-0.25, -0.2) is 0 Å². The molecule has 0 saturated heterocycles. The quantitative estimate of drug-likeness (QED) is 0.804. The highest BCUT2D eigenvalue weighted by atomic mass is 16.1. The van der Waals surface area contributed by atoms with Gasteiger partial charge in [0.05, 0.1) is 0 Å². The first kappa shape index (κ1) is 11.8. The average molecular weight is 205 g/mol. The molecule has 1 unspecified atom stereocenters. The molecular weight excluding hydrogens is 186 g/mol. The summed E-state index contributed by atoms with van der Waals surface area (Å²) >= 11 is 0. The second kappa shape index (κ2) is 5.54. The minimum atomic E-state index is 0.0240. The fourth-order valence-electron chi connectivity index (χ4n) is 1.52. The lowest BCUT2D eigenvalue weighted by atomic mass is 10.1. The van der Waals surface area contributed by atoms with Crippen LogP contribution in [-0.2, 0) is 0 Å². The van der Waals surface area contributed by atoms with Crippen molar-refractivity contribution in [2.24, 2.45) is 0 Å². The van der Waals surface area contributed by atoms with E-state index in [9.17, 15) is 4.79 Å². The molecule has 0 radical (unpaired) electrons. The lowest BCUT2D eigenvalue weighted by molar-refractivity contribution is 0.0938. The predicted octanol–water partition coefficient (Wildman–Crippen LogP) is 2.91. The van der Waals surface area contributed by atoms with Crippen molar-refractivity contribution < 1.29 is 4.79 Å². The van der Waals surface area contributed by atoms with Crippen LogP contribution in [0.25, 0.3) is 0 Å². The molecule has 82 valence electrons. The highest BCUT2D eigenvalue weighted by Gasteiger charge is 2.08. The van der Waals surface area contributed by atoms with Gasteiger partial charge in [-0.1, -0.05) is 31.0 Å². The summed E-state index contributed by atoms with van der Waals surface area (Å²) in [6.45, 7) is 6.17. The van der Waals surface area contributed by atoms with E-state index in [2.05, 4.69) is 12.2 Å². The minimum Gasteiger partial charge on any atom is -0.350 e. The highest BCUT2D eigenvalue weighted by molar-refractivity contribution is 5.94. The second-order valence-electron chi connectivity index (χ2n) is 4.03. The third kappa shape index (κ3) is 3.74. The van der Waals surface area contributed by atoms with E-state index in [0.717, 1.165) is 18.4 Å². The number of rotatable bonds is 4. The summed E-state index contributed by atoms with van der Waals surface area (Å²) in [6, 6.07) is 7.90. The number of carbonyl (C=O) groups is 1. The Balaban J connectivity index is 2.57. The van der Waals surface area contributed by atoms with Gasteiger partial charge in [0.25, 0.3) is 5.91 Å². The maximum atomic E-state index is 11.7. The number of hydrogen-bond acceptors (Lipinski definition) is 1. The van der Waals surface area contributed by atoms with Crippen molar-refractivity contribution in [1.82, 2.24) is 5.32 Å². The van der Waals surface area contributed by atoms with Crippen molar-refractivity contribution in [1.29, 1.82) is 0 Å². The summed E-state index contributed by atoms with van der Waals surface area (Å²) in [5, 5.41) is 2.98. The van der Waals surface area contributed by atoms with Crippen LogP contribution in [-0.4, -0.2) is 11.9 Å². The van der Waals surface area contributed by atoms with Crippen LogP contribution >= 0.6 is 0 Å². The lowest BCUT2D eigenvalue weighted by Crippen LogP contribution is -2.32. The molecule has 0 aliphatic carbocycles. The van der Waals surface area contributed by atoms with Gasteiger partial charge in [0.1, 0.15) is 0 Å². The van der Waals surface area contributed by atoms with Crippen LogP contribution in [0.15, 0.2) is 24.3 Å². The summed E-state index contributed by atoms with van der Waals surface area (Å²) in [4.78, 5) is 11.7. The van der Waals surface area contributed by atoms with Crippen molar-refractivity contribution in [3.05, 3.63) is 35.4 Å². The number of aryl methyl sites for hydroxylation is 1. The van der Waals surface area contributed by atoms with E-state index in [4.69, 9.17) is 0 Å². The van der Waals surface area contributed by atoms with E-state index >= 15 is 0 Å². The van der Waals surface area contributed by atoms with Crippen LogP contribution in [0.4, 0.5) is 0 Å². The third-order valence-corrected chi connectivity index (χ3v) is 2.41. The normalized spacial score (nSPS) is 12.2. The molecule has 1 aromatic carbocycles. The molecule has 1 rings (SSSR count). The average Bonchev–Trinajstić information content (AvgIpc) is 2.18. The Labute approximate surface area is 91.7 Å². The van der Waals surface area contributed by atoms with E-state index in [0.29, 0.717) is 0 Å². The molecule has 2 heteroatoms. The van der Waals surface area contributed by atoms with Crippen molar-refractivity contribution in [3.8, 4) is 0 Å². The minimum absolute atomic E-state index is 0.0240. The first-order chi connectivity index (χ1) is 7.13. The number of amides is 1. The van der Waals surface area contributed by atoms with Gasteiger partial charge in [0.2, 0.25) is 0 Å². The summed E-state index contributed by atoms with van der Waals surface area (Å²) in [7, 11) is 0. The van der Waals surface area contributed by atoms with Crippen LogP contribution in [0.1, 0.15) is 42.6 Å². The van der Waals surface area contributed by atoms with Gasteiger partial charge >= 0.3 is 0 Å². The molecule has 0 fully saturated rings. The SMILES string of the molecule is CCCC(C)NC(=O)c1ccc(C)cc1. The molecule has 1 aromatic rings. The van der Waals surface area contributed by atoms with Gasteiger partial charge < -0.3 is 5.32 Å². The Morgan fingerprint density at radius 1 is 1.33 bits per heavy atom. The molecule has 0 bridgehead atoms. The van der Waals surface area contributed by atoms with Gasteiger partial charge in [-0.3, -0.25) is 4.79 Å². The molecule has 0 aliphatic heterocycles. The maximum Gasteiger partial charge on any atom is 0.251 e. The van der Waals surface area contributed by atoms with Crippen molar-refractivity contribution in [2.45, 2.75) is 39.7 Å². The largest absolute Gasteiger partial charge is 0.350 e. The van der Waals surface area contributed by atoms with Gasteiger partial charge in [-0.15, -0.1) is 0 Å². The Hall–Kier alpha value is -1.31. The molecule has 0 aromatic heterocycles. The monoisotopic (exact) mass is 205 g/mol. The Kier molecular flexibility index (Phi) is 4.35. The fourth-order valence-corrected chi connectivity index (χ4v) is 1.52. The van der Waals surface area contributed by atoms with Crippen LogP contribution in [0, 0.1) is 6.92 Å². The molecular formula is C13H19NO. The number of nitrogens with one attached hydrogen (secondary N) is 1. The molecule has 1 N–H and O–H groups in total. The zero-order chi connectivity index (χ0) is 11.3. The molecule has 0 heterocycles. The van der Waals surface area contributed by atoms with Crippen LogP contribution < -0.4 is 5.32 Å². The summed E-state index contributed by atoms with van der Waals surface area (Å²) in [6.07, 6.45) is 2.12. The van der Waals surface area contributed by atoms with E-state index in [1.54, 1.807) is 0 Å². The van der Waals surface area contributed by atoms with Gasteiger partial charge in [-0.2, -0.15) is 0 Å². The maximum absolute atomic E-state index is 11.7. The summed E-state index contributed by atoms with van der Waals surface area (Å²) in [5.74, 6) is 0.0240. The van der Waals surface area contributed by atoms with Gasteiger partial charge in [-0.05, 0) is 32.4 Å². The van der Waals surface area contributed by atoms with Crippen LogP contribution in [0.3, 0.4) is 0 Å². The van der Waals surface area contributed by atoms with Gasteiger partial charge in [0.15, 0.2) is 0 Å². The van der Waals surface area contributed by atoms with E-state index in [1.165, 1.54) is 5.56 Å². The van der Waals surface area contributed by atoms with E-state index in [1.807, 2.05) is 38.1 Å². The molecule has 0 spiro atoms. The zero-order valence-corrected chi connectivity index (χ0v) is 9.71. The molecule has 15 heavy (non-hydrogen) atoms. The highest BCUT2D eigenvalue weighted by Crippen LogP contribution is 2.04. The van der Waals surface area contributed by atoms with Crippen LogP contribution in [0.5, 0.6) is 0 Å². The molecule has 1 amide bonds. The number of carbonyl (C=O) groups excluding carboxylic acids is 1. The van der Waals surface area contributed by atoms with E-state index < -0.39 is 0 Å². The molecule has 2 nitrogen and oxygen atoms in total. The first-order valence-corrected chi connectivity index (χ1v) is 5.51. The predicted molar refractivity (Wildman–Crippen MR) is 63.0 cm³/mol. The number of benzene rings is 1. The second-order valence-corrected chi connectivity index (χ2v) is 4.03. The van der Waals surface area contributed by atoms with Crippen molar-refractivity contribution in [3.63, 3.8) is 0 Å². The van der Waals surface area contributed by atoms with Crippen molar-refractivity contribution in [2.75, 3.05) is 0 Å². The molecule has 0 aliphatic rings. The van der Waals surface area contributed by atoms with Crippen LogP contribution in [0.2, 0.25) is 0 Å². The Bertz CT molecular complexity index is 316. The Morgan fingerprint density at radius 2 is 1.93 bits per heavy atom. The smallest absolute Gasteiger partial charge is 0.251 e. The lowest BCUT2D eigenvalue weighted by Gasteiger charge is -2.12. The topological polar surface area (TPSA) is 29.1 Å². The van der Waals surface area contributed by atoms with E-state index in [-0.39, 0.29) is 11.9 Å². The summed E-state index contributed by atoms with van der Waals surface area (Å²) in [5.41, 5.74) is 1.91. The summed E-state index contributed by atoms with van der Waals surface area (Å²) < 4.78 is 0. The van der Waals surface area contributed by atoms with Gasteiger partial charge in [0, 0.05) is 11.6 Å².